The normalized spacial score (nSPS) is 23.5. The van der Waals surface area contributed by atoms with Gasteiger partial charge in [0.25, 0.3) is 6.43 Å². The molecule has 0 saturated heterocycles. The van der Waals surface area contributed by atoms with E-state index in [0.717, 1.165) is 23.0 Å². The summed E-state index contributed by atoms with van der Waals surface area (Å²) in [5.41, 5.74) is 5.86. The number of ether oxygens (including phenoxy) is 1. The highest BCUT2D eigenvalue weighted by atomic mass is 19.3. The van der Waals surface area contributed by atoms with E-state index in [1.54, 1.807) is 0 Å². The molecule has 0 spiro atoms. The number of oxazole rings is 1. The number of allylic oxidation sites excluding steroid dienone is 1. The topological polar surface area (TPSA) is 143 Å². The van der Waals surface area contributed by atoms with Crippen LogP contribution in [0.15, 0.2) is 34.6 Å². The number of aromatic nitrogens is 1. The number of amides is 2. The number of hydrogen-bond donors (Lipinski definition) is 3. The Bertz CT molecular complexity index is 1390. The smallest absolute Gasteiger partial charge is 0.283 e. The predicted octanol–water partition coefficient (Wildman–Crippen LogP) is 4.63. The quantitative estimate of drug-likeness (QED) is 0.487. The lowest BCUT2D eigenvalue weighted by atomic mass is 9.79. The number of rotatable bonds is 4. The van der Waals surface area contributed by atoms with Gasteiger partial charge < -0.3 is 25.5 Å². The summed E-state index contributed by atoms with van der Waals surface area (Å²) in [6.07, 6.45) is -0.145. The van der Waals surface area contributed by atoms with E-state index in [1.165, 1.54) is 0 Å². The third kappa shape index (κ3) is 6.21. The lowest BCUT2D eigenvalue weighted by Crippen LogP contribution is -2.55. The van der Waals surface area contributed by atoms with Crippen LogP contribution >= 0.6 is 0 Å². The van der Waals surface area contributed by atoms with Crippen molar-refractivity contribution in [2.24, 2.45) is 17.1 Å². The third-order valence-electron chi connectivity index (χ3n) is 7.50. The lowest BCUT2D eigenvalue weighted by molar-refractivity contribution is -0.124. The molecule has 0 fully saturated rings. The molecule has 3 heterocycles. The number of alkyl halides is 2. The van der Waals surface area contributed by atoms with E-state index in [2.05, 4.69) is 21.7 Å². The molecule has 3 aliphatic rings. The van der Waals surface area contributed by atoms with Crippen LogP contribution in [0.4, 0.5) is 8.78 Å². The highest BCUT2D eigenvalue weighted by Crippen LogP contribution is 2.49. The molecule has 9 nitrogen and oxygen atoms in total. The van der Waals surface area contributed by atoms with Crippen LogP contribution in [-0.2, 0) is 32.6 Å². The number of nitrogens with zero attached hydrogens (tertiary/aromatic N) is 2. The molecule has 1 aromatic heterocycles. The Balaban J connectivity index is 0.000000493. The van der Waals surface area contributed by atoms with Gasteiger partial charge in [-0.3, -0.25) is 9.59 Å². The zero-order valence-corrected chi connectivity index (χ0v) is 24.0. The predicted molar refractivity (Wildman–Crippen MR) is 147 cm³/mol. The summed E-state index contributed by atoms with van der Waals surface area (Å²) in [6, 6.07) is 7.93. The zero-order chi connectivity index (χ0) is 30.1. The Morgan fingerprint density at radius 3 is 2.54 bits per heavy atom. The van der Waals surface area contributed by atoms with Crippen molar-refractivity contribution in [3.05, 3.63) is 58.5 Å². The number of nitrogens with two attached hydrogens (primary N) is 1. The lowest BCUT2D eigenvalue weighted by Gasteiger charge is -2.36. The number of nitrogens with one attached hydrogen (secondary N) is 2. The molecule has 0 saturated carbocycles. The minimum absolute atomic E-state index is 0.0686. The molecule has 1 aromatic carbocycles. The molecule has 2 amide bonds. The van der Waals surface area contributed by atoms with Gasteiger partial charge in [0.15, 0.2) is 12.0 Å². The summed E-state index contributed by atoms with van der Waals surface area (Å²) in [5, 5.41) is 16.8. The maximum atomic E-state index is 13.3. The molecule has 2 aliphatic heterocycles. The summed E-state index contributed by atoms with van der Waals surface area (Å²) in [5.74, 6) is 0.292. The van der Waals surface area contributed by atoms with Gasteiger partial charge in [0, 0.05) is 12.8 Å². The van der Waals surface area contributed by atoms with Gasteiger partial charge in [0.2, 0.25) is 17.7 Å². The molecular formula is C30H37F2N5O4. The van der Waals surface area contributed by atoms with Crippen LogP contribution in [0, 0.1) is 22.7 Å². The van der Waals surface area contributed by atoms with Crippen molar-refractivity contribution < 1.29 is 27.5 Å². The molecule has 3 atom stereocenters. The molecule has 220 valence electrons. The third-order valence-corrected chi connectivity index (χ3v) is 7.50. The second kappa shape index (κ2) is 11.5. The molecule has 5 rings (SSSR count). The molecular weight excluding hydrogens is 532 g/mol. The maximum Gasteiger partial charge on any atom is 0.283 e. The van der Waals surface area contributed by atoms with E-state index in [0.29, 0.717) is 43.8 Å². The molecule has 41 heavy (non-hydrogen) atoms. The fourth-order valence-corrected chi connectivity index (χ4v) is 5.45. The van der Waals surface area contributed by atoms with E-state index in [1.807, 2.05) is 52.8 Å². The summed E-state index contributed by atoms with van der Waals surface area (Å²) in [4.78, 5) is 26.8. The highest BCUT2D eigenvalue weighted by Gasteiger charge is 2.52. The van der Waals surface area contributed by atoms with Crippen molar-refractivity contribution in [3.8, 4) is 6.07 Å². The maximum absolute atomic E-state index is 13.3. The number of fused-ring (bicyclic) bond motifs is 4. The molecule has 0 radical (unpaired) electrons. The van der Waals surface area contributed by atoms with Gasteiger partial charge in [0.1, 0.15) is 23.1 Å². The van der Waals surface area contributed by atoms with E-state index >= 15 is 0 Å². The first kappa shape index (κ1) is 30.0. The molecule has 1 aliphatic carbocycles. The van der Waals surface area contributed by atoms with Gasteiger partial charge in [0.05, 0.1) is 12.1 Å². The van der Waals surface area contributed by atoms with Crippen LogP contribution < -0.4 is 16.4 Å². The van der Waals surface area contributed by atoms with Crippen LogP contribution in [0.1, 0.15) is 88.6 Å². The average molecular weight is 570 g/mol. The van der Waals surface area contributed by atoms with Gasteiger partial charge in [-0.1, -0.05) is 52.8 Å². The van der Waals surface area contributed by atoms with Crippen molar-refractivity contribution in [3.63, 3.8) is 0 Å². The summed E-state index contributed by atoms with van der Waals surface area (Å²) in [7, 11) is 0. The first-order valence-corrected chi connectivity index (χ1v) is 13.8. The van der Waals surface area contributed by atoms with E-state index in [-0.39, 0.29) is 23.4 Å². The Kier molecular flexibility index (Phi) is 8.43. The highest BCUT2D eigenvalue weighted by molar-refractivity contribution is 5.77. The standard InChI is InChI=1S/C25H26F2N4O3.C5H11NO/c1-24(2,3)19-23-31-18(22-29-16(11-33-22)21(26)27)20(34-23)25(12-28)9-8-14-6-4-13(10-15(14)25)5-7-17(32)30-19;1-4(2)3-5(6)7/h4,6,10-11,19,21,23,31H,5,7-9H2,1-3H3,(H,30,32);4H,3H2,1-2H3,(H2,6,7). The number of primary amides is 1. The second-order valence-corrected chi connectivity index (χ2v) is 12.2. The van der Waals surface area contributed by atoms with Gasteiger partial charge in [-0.15, -0.1) is 0 Å². The summed E-state index contributed by atoms with van der Waals surface area (Å²) < 4.78 is 38.4. The SMILES string of the molecule is CC(C)(C)C1NC(=O)CCc2ccc3c(c2)C(C#N)(CC3)C2=C(c3nc(C(F)F)co3)NC1O2.CC(C)CC(N)=O. The Morgan fingerprint density at radius 2 is 1.98 bits per heavy atom. The number of nitriles is 1. The molecule has 2 aromatic rings. The molecule has 3 unspecified atom stereocenters. The minimum atomic E-state index is -2.80. The monoisotopic (exact) mass is 569 g/mol. The Labute approximate surface area is 238 Å². The number of aryl methyl sites for hydroxylation is 2. The van der Waals surface area contributed by atoms with Crippen molar-refractivity contribution in [1.82, 2.24) is 15.6 Å². The van der Waals surface area contributed by atoms with Gasteiger partial charge >= 0.3 is 0 Å². The number of carbonyl (C=O) groups excluding carboxylic acids is 2. The van der Waals surface area contributed by atoms with Crippen LogP contribution in [0.3, 0.4) is 0 Å². The van der Waals surface area contributed by atoms with Crippen LogP contribution in [0.2, 0.25) is 0 Å². The Morgan fingerprint density at radius 1 is 1.24 bits per heavy atom. The van der Waals surface area contributed by atoms with Gasteiger partial charge in [-0.25, -0.2) is 13.8 Å². The van der Waals surface area contributed by atoms with Crippen LogP contribution in [0.25, 0.3) is 5.70 Å². The number of benzene rings is 1. The van der Waals surface area contributed by atoms with E-state index in [9.17, 15) is 23.6 Å². The first-order valence-electron chi connectivity index (χ1n) is 13.8. The average Bonchev–Trinajstić information content (AvgIpc) is 3.61. The fraction of sp³-hybridized carbons (Fsp3) is 0.533. The van der Waals surface area contributed by atoms with Crippen molar-refractivity contribution in [2.75, 3.05) is 0 Å². The van der Waals surface area contributed by atoms with Gasteiger partial charge in [-0.2, -0.15) is 5.26 Å². The van der Waals surface area contributed by atoms with Gasteiger partial charge in [-0.05, 0) is 47.3 Å². The number of hydrogen-bond acceptors (Lipinski definition) is 7. The van der Waals surface area contributed by atoms with Crippen molar-refractivity contribution >= 4 is 17.5 Å². The first-order chi connectivity index (χ1) is 19.2. The van der Waals surface area contributed by atoms with Crippen molar-refractivity contribution in [1.29, 1.82) is 5.26 Å². The van der Waals surface area contributed by atoms with Crippen molar-refractivity contribution in [2.45, 2.75) is 90.8 Å². The summed E-state index contributed by atoms with van der Waals surface area (Å²) in [6.45, 7) is 9.85. The molecule has 4 bridgehead atoms. The Hall–Kier alpha value is -3.94. The number of halogens is 2. The largest absolute Gasteiger partial charge is 0.468 e. The van der Waals surface area contributed by atoms with Crippen LogP contribution in [-0.4, -0.2) is 29.1 Å². The summed E-state index contributed by atoms with van der Waals surface area (Å²) >= 11 is 0. The zero-order valence-electron chi connectivity index (χ0n) is 24.0. The number of carbonyl (C=O) groups is 2. The fourth-order valence-electron chi connectivity index (χ4n) is 5.45. The minimum Gasteiger partial charge on any atom is -0.468 e. The van der Waals surface area contributed by atoms with E-state index in [4.69, 9.17) is 14.9 Å². The molecule has 11 heteroatoms. The van der Waals surface area contributed by atoms with Crippen LogP contribution in [0.5, 0.6) is 0 Å². The molecule has 4 N–H and O–H groups in total. The van der Waals surface area contributed by atoms with E-state index < -0.39 is 35.2 Å². The second-order valence-electron chi connectivity index (χ2n) is 12.2.